The van der Waals surface area contributed by atoms with E-state index in [1.807, 2.05) is 45.3 Å². The third-order valence-corrected chi connectivity index (χ3v) is 5.69. The number of benzene rings is 1. The highest BCUT2D eigenvalue weighted by molar-refractivity contribution is 8.00. The van der Waals surface area contributed by atoms with Crippen molar-refractivity contribution in [2.45, 2.75) is 30.0 Å². The first-order chi connectivity index (χ1) is 12.4. The lowest BCUT2D eigenvalue weighted by Crippen LogP contribution is -2.37. The van der Waals surface area contributed by atoms with E-state index in [1.54, 1.807) is 11.3 Å². The van der Waals surface area contributed by atoms with E-state index in [9.17, 15) is 9.59 Å². The molecular weight excluding hydrogens is 366 g/mol. The van der Waals surface area contributed by atoms with E-state index in [0.717, 1.165) is 10.6 Å². The second kappa shape index (κ2) is 9.75. The number of nitrogens with zero attached hydrogens (tertiary/aromatic N) is 1. The number of carbonyl (C=O) groups is 2. The first-order valence-electron chi connectivity index (χ1n) is 8.37. The molecule has 1 aromatic heterocycles. The number of thiophene rings is 1. The fraction of sp³-hybridized carbons (Fsp3) is 0.368. The van der Waals surface area contributed by atoms with Gasteiger partial charge in [-0.05, 0) is 67.7 Å². The van der Waals surface area contributed by atoms with Gasteiger partial charge in [0.05, 0.1) is 11.3 Å². The van der Waals surface area contributed by atoms with Crippen molar-refractivity contribution >= 4 is 40.6 Å². The van der Waals surface area contributed by atoms with Crippen LogP contribution in [-0.2, 0) is 9.59 Å². The van der Waals surface area contributed by atoms with Crippen molar-refractivity contribution in [3.05, 3.63) is 46.7 Å². The van der Waals surface area contributed by atoms with Crippen LogP contribution in [-0.4, -0.2) is 42.6 Å². The van der Waals surface area contributed by atoms with Crippen LogP contribution < -0.4 is 10.6 Å². The lowest BCUT2D eigenvalue weighted by atomic mass is 10.1. The minimum Gasteiger partial charge on any atom is -0.353 e. The predicted molar refractivity (Wildman–Crippen MR) is 110 cm³/mol. The molecule has 0 aliphatic rings. The van der Waals surface area contributed by atoms with Gasteiger partial charge in [-0.2, -0.15) is 11.3 Å². The molecule has 0 unspecified atom stereocenters. The quantitative estimate of drug-likeness (QED) is 0.675. The van der Waals surface area contributed by atoms with Crippen molar-refractivity contribution in [1.82, 2.24) is 10.2 Å². The third kappa shape index (κ3) is 6.16. The van der Waals surface area contributed by atoms with Crippen molar-refractivity contribution < 1.29 is 9.59 Å². The van der Waals surface area contributed by atoms with Crippen LogP contribution in [0.1, 0.15) is 25.5 Å². The normalized spacial score (nSPS) is 13.3. The highest BCUT2D eigenvalue weighted by Gasteiger charge is 2.19. The van der Waals surface area contributed by atoms with Gasteiger partial charge < -0.3 is 15.5 Å². The molecule has 7 heteroatoms. The van der Waals surface area contributed by atoms with E-state index in [1.165, 1.54) is 24.2 Å². The number of thioether (sulfide) groups is 1. The van der Waals surface area contributed by atoms with E-state index in [2.05, 4.69) is 32.4 Å². The topological polar surface area (TPSA) is 61.4 Å². The number of carbonyl (C=O) groups excluding carboxylic acids is 2. The molecule has 0 radical (unpaired) electrons. The van der Waals surface area contributed by atoms with Gasteiger partial charge in [0.25, 0.3) is 0 Å². The smallest absolute Gasteiger partial charge is 0.233 e. The molecule has 5 nitrogen and oxygen atoms in total. The van der Waals surface area contributed by atoms with Crippen LogP contribution in [0.25, 0.3) is 0 Å². The largest absolute Gasteiger partial charge is 0.353 e. The molecule has 0 saturated heterocycles. The summed E-state index contributed by atoms with van der Waals surface area (Å²) in [4.78, 5) is 26.6. The Morgan fingerprint density at radius 1 is 1.19 bits per heavy atom. The molecule has 0 aliphatic heterocycles. The van der Waals surface area contributed by atoms with Crippen LogP contribution in [0.5, 0.6) is 0 Å². The van der Waals surface area contributed by atoms with Gasteiger partial charge in [-0.25, -0.2) is 0 Å². The predicted octanol–water partition coefficient (Wildman–Crippen LogP) is 3.61. The Morgan fingerprint density at radius 2 is 1.88 bits per heavy atom. The summed E-state index contributed by atoms with van der Waals surface area (Å²) in [5.41, 5.74) is 1.97. The fourth-order valence-corrected chi connectivity index (χ4v) is 4.08. The molecule has 0 bridgehead atoms. The average Bonchev–Trinajstić information content (AvgIpc) is 3.10. The van der Waals surface area contributed by atoms with Gasteiger partial charge in [0.1, 0.15) is 0 Å². The minimum atomic E-state index is -0.202. The molecular formula is C19H25N3O2S2. The van der Waals surface area contributed by atoms with Gasteiger partial charge in [0.2, 0.25) is 11.8 Å². The first-order valence-corrected chi connectivity index (χ1v) is 10.2. The van der Waals surface area contributed by atoms with E-state index in [4.69, 9.17) is 0 Å². The van der Waals surface area contributed by atoms with Gasteiger partial charge in [-0.1, -0.05) is 0 Å². The van der Waals surface area contributed by atoms with Crippen LogP contribution in [0.4, 0.5) is 5.69 Å². The number of hydrogen-bond acceptors (Lipinski definition) is 5. The summed E-state index contributed by atoms with van der Waals surface area (Å²) in [6.07, 6.45) is 0. The van der Waals surface area contributed by atoms with Gasteiger partial charge in [-0.3, -0.25) is 9.59 Å². The number of anilines is 1. The lowest BCUT2D eigenvalue weighted by Gasteiger charge is -2.24. The van der Waals surface area contributed by atoms with Crippen molar-refractivity contribution in [1.29, 1.82) is 0 Å². The van der Waals surface area contributed by atoms with Crippen LogP contribution in [0.15, 0.2) is 46.0 Å². The molecule has 140 valence electrons. The Hall–Kier alpha value is -1.83. The minimum absolute atomic E-state index is 0.0167. The molecule has 2 atom stereocenters. The molecule has 26 heavy (non-hydrogen) atoms. The van der Waals surface area contributed by atoms with Gasteiger partial charge in [0, 0.05) is 24.1 Å². The second-order valence-electron chi connectivity index (χ2n) is 6.25. The molecule has 2 rings (SSSR count). The lowest BCUT2D eigenvalue weighted by molar-refractivity contribution is -0.120. The van der Waals surface area contributed by atoms with Crippen molar-refractivity contribution in [3.8, 4) is 0 Å². The Kier molecular flexibility index (Phi) is 7.68. The van der Waals surface area contributed by atoms with Gasteiger partial charge >= 0.3 is 0 Å². The summed E-state index contributed by atoms with van der Waals surface area (Å²) in [6.45, 7) is 3.96. The van der Waals surface area contributed by atoms with Crippen molar-refractivity contribution in [2.75, 3.05) is 26.0 Å². The number of likely N-dealkylation sites (N-methyl/N-ethyl adjacent to an activating group) is 1. The molecule has 2 amide bonds. The zero-order valence-corrected chi connectivity index (χ0v) is 17.1. The zero-order valence-electron chi connectivity index (χ0n) is 15.5. The van der Waals surface area contributed by atoms with E-state index >= 15 is 0 Å². The number of amides is 2. The van der Waals surface area contributed by atoms with Crippen molar-refractivity contribution in [2.24, 2.45) is 0 Å². The number of nitrogens with one attached hydrogen (secondary N) is 2. The van der Waals surface area contributed by atoms with Crippen LogP contribution >= 0.6 is 23.1 Å². The summed E-state index contributed by atoms with van der Waals surface area (Å²) in [5, 5.41) is 9.76. The Morgan fingerprint density at radius 3 is 2.42 bits per heavy atom. The summed E-state index contributed by atoms with van der Waals surface area (Å²) >= 11 is 3.16. The molecule has 1 heterocycles. The first kappa shape index (κ1) is 20.5. The summed E-state index contributed by atoms with van der Waals surface area (Å²) in [5.74, 6) is -0.0813. The molecule has 0 aliphatic carbocycles. The summed E-state index contributed by atoms with van der Waals surface area (Å²) in [6, 6.07) is 9.76. The van der Waals surface area contributed by atoms with Crippen molar-refractivity contribution in [3.63, 3.8) is 0 Å². The van der Waals surface area contributed by atoms with E-state index in [-0.39, 0.29) is 23.1 Å². The monoisotopic (exact) mass is 391 g/mol. The molecule has 0 saturated carbocycles. The highest BCUT2D eigenvalue weighted by Crippen LogP contribution is 2.25. The average molecular weight is 392 g/mol. The van der Waals surface area contributed by atoms with Crippen LogP contribution in [0, 0.1) is 0 Å². The maximum absolute atomic E-state index is 12.5. The van der Waals surface area contributed by atoms with Crippen LogP contribution in [0.2, 0.25) is 0 Å². The SMILES string of the molecule is CC(=O)Nc1ccc(S[C@@H](C)C(=O)NC[C@@H](c2ccsc2)N(C)C)cc1. The van der Waals surface area contributed by atoms with E-state index < -0.39 is 0 Å². The number of rotatable bonds is 8. The van der Waals surface area contributed by atoms with Crippen LogP contribution in [0.3, 0.4) is 0 Å². The standard InChI is InChI=1S/C19H25N3O2S2/c1-13(26-17-7-5-16(6-8-17)21-14(2)23)19(24)20-11-18(22(3)4)15-9-10-25-12-15/h5-10,12-13,18H,11H2,1-4H3,(H,20,24)(H,21,23)/t13-,18-/m0/s1. The van der Waals surface area contributed by atoms with Gasteiger partial charge in [-0.15, -0.1) is 11.8 Å². The zero-order chi connectivity index (χ0) is 19.1. The summed E-state index contributed by atoms with van der Waals surface area (Å²) in [7, 11) is 4.03. The Balaban J connectivity index is 1.87. The third-order valence-electron chi connectivity index (χ3n) is 3.88. The van der Waals surface area contributed by atoms with E-state index in [0.29, 0.717) is 6.54 Å². The Bertz CT molecular complexity index is 715. The Labute approximate surface area is 163 Å². The molecule has 0 spiro atoms. The maximum atomic E-state index is 12.5. The second-order valence-corrected chi connectivity index (χ2v) is 8.44. The van der Waals surface area contributed by atoms with Gasteiger partial charge in [0.15, 0.2) is 0 Å². The fourth-order valence-electron chi connectivity index (χ4n) is 2.48. The molecule has 2 N–H and O–H groups in total. The molecule has 0 fully saturated rings. The maximum Gasteiger partial charge on any atom is 0.233 e. The number of hydrogen-bond donors (Lipinski definition) is 2. The molecule has 2 aromatic rings. The highest BCUT2D eigenvalue weighted by atomic mass is 32.2. The summed E-state index contributed by atoms with van der Waals surface area (Å²) < 4.78 is 0. The molecule has 1 aromatic carbocycles.